The number of primary amides is 1. The fourth-order valence-electron chi connectivity index (χ4n) is 3.41. The van der Waals surface area contributed by atoms with Gasteiger partial charge in [0.2, 0.25) is 5.91 Å². The topological polar surface area (TPSA) is 46.3 Å². The van der Waals surface area contributed by atoms with Crippen LogP contribution in [0, 0.1) is 6.92 Å². The van der Waals surface area contributed by atoms with E-state index in [1.54, 1.807) is 0 Å². The van der Waals surface area contributed by atoms with Crippen molar-refractivity contribution in [3.8, 4) is 0 Å². The molecule has 0 aliphatic carbocycles. The van der Waals surface area contributed by atoms with Crippen molar-refractivity contribution in [3.05, 3.63) is 35.4 Å². The first-order chi connectivity index (χ1) is 9.73. The molecule has 3 heteroatoms. The molecule has 0 saturated carbocycles. The van der Waals surface area contributed by atoms with Crippen LogP contribution >= 0.6 is 0 Å². The zero-order valence-electron chi connectivity index (χ0n) is 13.8. The first-order valence-electron chi connectivity index (χ1n) is 7.83. The van der Waals surface area contributed by atoms with Gasteiger partial charge in [0.1, 0.15) is 0 Å². The molecule has 21 heavy (non-hydrogen) atoms. The van der Waals surface area contributed by atoms with Crippen LogP contribution in [0.5, 0.6) is 0 Å². The van der Waals surface area contributed by atoms with Crippen LogP contribution in [0.1, 0.15) is 51.2 Å². The highest BCUT2D eigenvalue weighted by Gasteiger charge is 2.39. The minimum Gasteiger partial charge on any atom is -0.370 e. The average molecular weight is 288 g/mol. The van der Waals surface area contributed by atoms with Gasteiger partial charge < -0.3 is 5.73 Å². The first-order valence-corrected chi connectivity index (χ1v) is 7.83. The number of hydrogen-bond acceptors (Lipinski definition) is 2. The highest BCUT2D eigenvalue weighted by molar-refractivity contribution is 5.75. The Kier molecular flexibility index (Phi) is 4.43. The van der Waals surface area contributed by atoms with E-state index in [-0.39, 0.29) is 16.9 Å². The molecule has 116 valence electrons. The van der Waals surface area contributed by atoms with Crippen LogP contribution in [-0.4, -0.2) is 29.4 Å². The van der Waals surface area contributed by atoms with E-state index in [0.29, 0.717) is 6.42 Å². The minimum atomic E-state index is -0.195. The van der Waals surface area contributed by atoms with E-state index >= 15 is 0 Å². The summed E-state index contributed by atoms with van der Waals surface area (Å²) in [4.78, 5) is 14.1. The van der Waals surface area contributed by atoms with Gasteiger partial charge in [0, 0.05) is 17.4 Å². The van der Waals surface area contributed by atoms with Gasteiger partial charge in [-0.2, -0.15) is 0 Å². The van der Waals surface area contributed by atoms with Crippen LogP contribution in [0.15, 0.2) is 24.3 Å². The second-order valence-electron chi connectivity index (χ2n) is 7.45. The molecule has 2 rings (SSSR count). The lowest BCUT2D eigenvalue weighted by Crippen LogP contribution is -2.51. The Morgan fingerprint density at radius 1 is 1.19 bits per heavy atom. The summed E-state index contributed by atoms with van der Waals surface area (Å²) in [5, 5.41) is 0. The first kappa shape index (κ1) is 16.0. The number of aryl methyl sites for hydroxylation is 1. The van der Waals surface area contributed by atoms with E-state index in [1.807, 2.05) is 0 Å². The van der Waals surface area contributed by atoms with Crippen LogP contribution in [-0.2, 0) is 10.2 Å². The van der Waals surface area contributed by atoms with Gasteiger partial charge in [-0.3, -0.25) is 9.69 Å². The second kappa shape index (κ2) is 5.80. The summed E-state index contributed by atoms with van der Waals surface area (Å²) in [6.45, 7) is 10.9. The van der Waals surface area contributed by atoms with Crippen LogP contribution in [0.3, 0.4) is 0 Å². The number of rotatable bonds is 3. The lowest BCUT2D eigenvalue weighted by Gasteiger charge is -2.46. The average Bonchev–Trinajstić information content (AvgIpc) is 2.38. The number of piperidine rings is 1. The van der Waals surface area contributed by atoms with Gasteiger partial charge in [-0.05, 0) is 59.2 Å². The van der Waals surface area contributed by atoms with Crippen molar-refractivity contribution in [2.75, 3.05) is 13.1 Å². The lowest BCUT2D eigenvalue weighted by atomic mass is 9.69. The highest BCUT2D eigenvalue weighted by Crippen LogP contribution is 2.40. The quantitative estimate of drug-likeness (QED) is 0.929. The third-order valence-electron chi connectivity index (χ3n) is 4.85. The molecule has 1 heterocycles. The molecule has 0 bridgehead atoms. The Balaban J connectivity index is 2.24. The standard InChI is InChI=1S/C18H28N2O/c1-14-5-7-15(8-6-14)18(13-16(19)21)9-11-20(12-10-18)17(2,3)4/h5-8H,9-13H2,1-4H3,(H2,19,21). The molecule has 1 amide bonds. The Hall–Kier alpha value is -1.35. The number of carbonyl (C=O) groups excluding carboxylic acids is 1. The number of likely N-dealkylation sites (tertiary alicyclic amines) is 1. The highest BCUT2D eigenvalue weighted by atomic mass is 16.1. The van der Waals surface area contributed by atoms with Gasteiger partial charge in [-0.15, -0.1) is 0 Å². The van der Waals surface area contributed by atoms with Crippen molar-refractivity contribution in [1.29, 1.82) is 0 Å². The van der Waals surface area contributed by atoms with Crippen LogP contribution < -0.4 is 5.73 Å². The van der Waals surface area contributed by atoms with E-state index in [2.05, 4.69) is 56.9 Å². The van der Waals surface area contributed by atoms with Gasteiger partial charge in [0.05, 0.1) is 0 Å². The van der Waals surface area contributed by atoms with Gasteiger partial charge in [-0.25, -0.2) is 0 Å². The minimum absolute atomic E-state index is 0.0821. The fourth-order valence-corrected chi connectivity index (χ4v) is 3.41. The number of hydrogen-bond donors (Lipinski definition) is 1. The van der Waals surface area contributed by atoms with E-state index in [9.17, 15) is 4.79 Å². The molecule has 0 unspecified atom stereocenters. The summed E-state index contributed by atoms with van der Waals surface area (Å²) in [5.74, 6) is -0.195. The fraction of sp³-hybridized carbons (Fsp3) is 0.611. The molecule has 1 fully saturated rings. The zero-order chi connectivity index (χ0) is 15.7. The molecule has 1 aliphatic rings. The molecular weight excluding hydrogens is 260 g/mol. The normalized spacial score (nSPS) is 19.4. The number of amides is 1. The summed E-state index contributed by atoms with van der Waals surface area (Å²) in [6, 6.07) is 8.61. The van der Waals surface area contributed by atoms with E-state index in [1.165, 1.54) is 11.1 Å². The van der Waals surface area contributed by atoms with Crippen LogP contribution in [0.25, 0.3) is 0 Å². The van der Waals surface area contributed by atoms with Crippen molar-refractivity contribution in [1.82, 2.24) is 4.90 Å². The Morgan fingerprint density at radius 3 is 2.14 bits per heavy atom. The van der Waals surface area contributed by atoms with Gasteiger partial charge >= 0.3 is 0 Å². The predicted molar refractivity (Wildman–Crippen MR) is 87.2 cm³/mol. The SMILES string of the molecule is Cc1ccc(C2(CC(N)=O)CCN(C(C)(C)C)CC2)cc1. The second-order valence-corrected chi connectivity index (χ2v) is 7.45. The molecule has 1 aromatic carbocycles. The number of carbonyl (C=O) groups is 1. The molecule has 0 radical (unpaired) electrons. The van der Waals surface area contributed by atoms with Gasteiger partial charge in [0.25, 0.3) is 0 Å². The maximum atomic E-state index is 11.6. The molecule has 0 aromatic heterocycles. The Labute approximate surface area is 128 Å². The third kappa shape index (κ3) is 3.65. The zero-order valence-corrected chi connectivity index (χ0v) is 13.8. The summed E-state index contributed by atoms with van der Waals surface area (Å²) in [5.41, 5.74) is 8.16. The summed E-state index contributed by atoms with van der Waals surface area (Å²) in [6.07, 6.45) is 2.45. The Bertz CT molecular complexity index is 491. The lowest BCUT2D eigenvalue weighted by molar-refractivity contribution is -0.119. The molecular formula is C18H28N2O. The van der Waals surface area contributed by atoms with Gasteiger partial charge in [-0.1, -0.05) is 29.8 Å². The molecule has 1 saturated heterocycles. The smallest absolute Gasteiger partial charge is 0.218 e. The molecule has 2 N–H and O–H groups in total. The number of nitrogens with zero attached hydrogens (tertiary/aromatic N) is 1. The van der Waals surface area contributed by atoms with Crippen molar-refractivity contribution in [3.63, 3.8) is 0 Å². The molecule has 0 spiro atoms. The van der Waals surface area contributed by atoms with Crippen LogP contribution in [0.2, 0.25) is 0 Å². The largest absolute Gasteiger partial charge is 0.370 e. The maximum Gasteiger partial charge on any atom is 0.218 e. The van der Waals surface area contributed by atoms with E-state index in [0.717, 1.165) is 25.9 Å². The third-order valence-corrected chi connectivity index (χ3v) is 4.85. The van der Waals surface area contributed by atoms with Crippen molar-refractivity contribution in [2.24, 2.45) is 5.73 Å². The van der Waals surface area contributed by atoms with E-state index in [4.69, 9.17) is 5.73 Å². The van der Waals surface area contributed by atoms with Crippen molar-refractivity contribution >= 4 is 5.91 Å². The number of benzene rings is 1. The van der Waals surface area contributed by atoms with E-state index < -0.39 is 0 Å². The monoisotopic (exact) mass is 288 g/mol. The molecule has 1 aliphatic heterocycles. The van der Waals surface area contributed by atoms with Crippen molar-refractivity contribution < 1.29 is 4.79 Å². The van der Waals surface area contributed by atoms with Gasteiger partial charge in [0.15, 0.2) is 0 Å². The molecule has 3 nitrogen and oxygen atoms in total. The van der Waals surface area contributed by atoms with Crippen molar-refractivity contribution in [2.45, 2.75) is 57.9 Å². The predicted octanol–water partition coefficient (Wildman–Crippen LogP) is 3.00. The maximum absolute atomic E-state index is 11.6. The molecule has 1 aromatic rings. The summed E-state index contributed by atoms with van der Waals surface area (Å²) >= 11 is 0. The number of nitrogens with two attached hydrogens (primary N) is 1. The summed E-state index contributed by atoms with van der Waals surface area (Å²) in [7, 11) is 0. The molecule has 0 atom stereocenters. The Morgan fingerprint density at radius 2 is 1.71 bits per heavy atom. The summed E-state index contributed by atoms with van der Waals surface area (Å²) < 4.78 is 0. The van der Waals surface area contributed by atoms with Crippen LogP contribution in [0.4, 0.5) is 0 Å².